The summed E-state index contributed by atoms with van der Waals surface area (Å²) in [6, 6.07) is 4.05. The highest BCUT2D eigenvalue weighted by Gasteiger charge is 2.62. The first-order valence-electron chi connectivity index (χ1n) is 27.1. The zero-order chi connectivity index (χ0) is 44.7. The summed E-state index contributed by atoms with van der Waals surface area (Å²) in [6.07, 6.45) is 24.5. The molecule has 0 radical (unpaired) electrons. The third kappa shape index (κ3) is 9.63. The largest absolute Gasteiger partial charge is 0.480 e. The molecule has 19 rings (SSSR count). The molecular weight excluding hydrogens is 823 g/mol. The number of fused-ring (bicyclic) bond motifs is 8. The fourth-order valence-electron chi connectivity index (χ4n) is 17.1. The fourth-order valence-corrected chi connectivity index (χ4v) is 17.1. The Kier molecular flexibility index (Phi) is 13.8. The highest BCUT2D eigenvalue weighted by molar-refractivity contribution is 5.74. The molecule has 0 aromatic rings. The van der Waals surface area contributed by atoms with Gasteiger partial charge in [-0.25, -0.2) is 0 Å². The van der Waals surface area contributed by atoms with Gasteiger partial charge in [0.1, 0.15) is 24.4 Å². The molecule has 14 nitrogen and oxygen atoms in total. The second-order valence-corrected chi connectivity index (χ2v) is 24.5. The van der Waals surface area contributed by atoms with E-state index < -0.39 is 5.97 Å². The van der Waals surface area contributed by atoms with Crippen molar-refractivity contribution >= 4 is 5.97 Å². The van der Waals surface area contributed by atoms with Gasteiger partial charge in [0.15, 0.2) is 0 Å². The molecule has 19 aliphatic rings. The van der Waals surface area contributed by atoms with Crippen LogP contribution < -0.4 is 5.32 Å². The molecule has 19 fully saturated rings. The molecule has 14 heteroatoms. The summed E-state index contributed by atoms with van der Waals surface area (Å²) in [7, 11) is 6.56. The summed E-state index contributed by atoms with van der Waals surface area (Å²) in [4.78, 5) is 25.6. The van der Waals surface area contributed by atoms with Gasteiger partial charge in [-0.05, 0) is 135 Å². The molecule has 0 amide bonds. The molecule has 0 spiro atoms. The first-order valence-corrected chi connectivity index (χ1v) is 27.1. The number of nitrogens with one attached hydrogen (secondary N) is 1. The number of rotatable bonds is 1. The SMILES string of the molecule is C1C2CC3CC1CN(C2)C3.CN1C2CC(O)CC1C1OC12.CN1C2CC3CC1C(O3)C2O.CN1C2CCCC1CCC2.O=C(O)C1CC2CCCCC2N1.OC1C2CN3CC1CN(C2)C3. The van der Waals surface area contributed by atoms with Gasteiger partial charge in [-0.15, -0.1) is 0 Å². The second kappa shape index (κ2) is 19.3. The van der Waals surface area contributed by atoms with E-state index in [9.17, 15) is 20.1 Å². The lowest BCUT2D eigenvalue weighted by molar-refractivity contribution is -0.141. The third-order valence-corrected chi connectivity index (χ3v) is 20.3. The standard InChI is InChI=1S/C9H15NO2.C9H15N.C9H17N.C8H14N2O.2C8H13NO2/c11-9(12)8-5-6-3-1-2-4-7(6)10-8;1-7-2-9-3-8(1)5-10(4-7)6-9;1-10-8-4-2-5-9(10)7-3-6-8;11-8-6-1-9-3-7(8)4-10(2-6)5-9;1-9-5-2-4-3-6(9)8(11-4)7(5)10;1-9-5-2-4(10)3-6(9)8-7(5)11-8/h6-8,10H,1-5H2,(H,11,12);7-9H,1-6H2;8-9H,2-7H2,1H3;6-8,11H,1-5H2;2*4-8,10H,2-3H2,1H3. The first kappa shape index (κ1) is 46.4. The molecule has 5 N–H and O–H groups in total. The molecular formula is C51H87N7O7. The van der Waals surface area contributed by atoms with E-state index >= 15 is 0 Å². The van der Waals surface area contributed by atoms with Gasteiger partial charge in [-0.3, -0.25) is 24.4 Å². The fraction of sp³-hybridized carbons (Fsp3) is 0.980. The predicted octanol–water partition coefficient (Wildman–Crippen LogP) is 2.73. The zero-order valence-corrected chi connectivity index (χ0v) is 40.2. The van der Waals surface area contributed by atoms with Crippen molar-refractivity contribution in [2.24, 2.45) is 35.5 Å². The van der Waals surface area contributed by atoms with E-state index in [0.29, 0.717) is 66.3 Å². The Bertz CT molecular complexity index is 1490. The number of ether oxygens (including phenoxy) is 2. The lowest BCUT2D eigenvalue weighted by atomic mass is 9.68. The van der Waals surface area contributed by atoms with Gasteiger partial charge in [0.2, 0.25) is 0 Å². The third-order valence-electron chi connectivity index (χ3n) is 20.3. The van der Waals surface area contributed by atoms with Crippen molar-refractivity contribution in [1.29, 1.82) is 0 Å². The number of epoxide rings is 1. The molecule has 65 heavy (non-hydrogen) atoms. The van der Waals surface area contributed by atoms with Crippen molar-refractivity contribution in [3.63, 3.8) is 0 Å². The molecule has 2 aliphatic carbocycles. The quantitative estimate of drug-likeness (QED) is 0.246. The highest BCUT2D eigenvalue weighted by Crippen LogP contribution is 2.48. The smallest absolute Gasteiger partial charge is 0.320 e. The van der Waals surface area contributed by atoms with Gasteiger partial charge in [-0.2, -0.15) is 0 Å². The molecule has 12 unspecified atom stereocenters. The summed E-state index contributed by atoms with van der Waals surface area (Å²) in [6.45, 7) is 10.00. The number of morpholine rings is 1. The van der Waals surface area contributed by atoms with Crippen LogP contribution in [0, 0.1) is 35.5 Å². The summed E-state index contributed by atoms with van der Waals surface area (Å²) >= 11 is 0. The van der Waals surface area contributed by atoms with Crippen LogP contribution in [-0.4, -0.2) is 220 Å². The number of aliphatic carboxylic acids is 1. The van der Waals surface area contributed by atoms with Gasteiger partial charge < -0.3 is 45.0 Å². The van der Waals surface area contributed by atoms with E-state index in [1.165, 1.54) is 83.8 Å². The van der Waals surface area contributed by atoms with Crippen LogP contribution in [0.5, 0.6) is 0 Å². The van der Waals surface area contributed by atoms with Crippen molar-refractivity contribution < 1.29 is 34.7 Å². The number of likely N-dealkylation sites (N-methyl/N-ethyl adjacent to an activating group) is 2. The van der Waals surface area contributed by atoms with Crippen LogP contribution in [0.25, 0.3) is 0 Å². The average Bonchev–Trinajstić information content (AvgIpc) is 3.70. The van der Waals surface area contributed by atoms with Crippen LogP contribution in [0.2, 0.25) is 0 Å². The van der Waals surface area contributed by atoms with E-state index in [2.05, 4.69) is 55.9 Å². The maximum Gasteiger partial charge on any atom is 0.320 e. The van der Waals surface area contributed by atoms with E-state index in [1.54, 1.807) is 19.3 Å². The number of carboxylic acid groups (broad SMARTS) is 1. The van der Waals surface area contributed by atoms with E-state index in [4.69, 9.17) is 14.6 Å². The number of piperidine rings is 9. The molecule has 17 aliphatic heterocycles. The zero-order valence-electron chi connectivity index (χ0n) is 40.2. The van der Waals surface area contributed by atoms with Gasteiger partial charge in [0.25, 0.3) is 0 Å². The minimum Gasteiger partial charge on any atom is -0.480 e. The topological polar surface area (TPSA) is 151 Å². The van der Waals surface area contributed by atoms with Crippen molar-refractivity contribution in [2.75, 3.05) is 73.6 Å². The first-order chi connectivity index (χ1) is 31.4. The van der Waals surface area contributed by atoms with Crippen molar-refractivity contribution in [1.82, 2.24) is 34.7 Å². The Labute approximate surface area is 390 Å². The summed E-state index contributed by atoms with van der Waals surface area (Å²) in [5.74, 6) is 4.38. The monoisotopic (exact) mass is 910 g/mol. The minimum atomic E-state index is -0.676. The van der Waals surface area contributed by atoms with Crippen LogP contribution in [0.3, 0.4) is 0 Å². The molecule has 16 bridgehead atoms. The Morgan fingerprint density at radius 3 is 1.52 bits per heavy atom. The number of hydrogen-bond donors (Lipinski definition) is 5. The number of carbonyl (C=O) groups is 1. The normalized spacial score (nSPS) is 53.7. The lowest BCUT2D eigenvalue weighted by Gasteiger charge is -2.55. The number of nitrogens with zero attached hydrogens (tertiary/aromatic N) is 6. The van der Waals surface area contributed by atoms with Gasteiger partial charge in [0.05, 0.1) is 31.1 Å². The molecule has 17 saturated heterocycles. The van der Waals surface area contributed by atoms with Gasteiger partial charge in [0, 0.05) is 99.9 Å². The van der Waals surface area contributed by atoms with Crippen LogP contribution in [0.1, 0.15) is 116 Å². The van der Waals surface area contributed by atoms with Crippen molar-refractivity contribution in [3.05, 3.63) is 0 Å². The number of aliphatic hydroxyl groups excluding tert-OH is 3. The van der Waals surface area contributed by atoms with Crippen LogP contribution in [0.4, 0.5) is 0 Å². The maximum atomic E-state index is 10.7. The Morgan fingerprint density at radius 1 is 0.508 bits per heavy atom. The molecule has 368 valence electrons. The van der Waals surface area contributed by atoms with Crippen LogP contribution >= 0.6 is 0 Å². The van der Waals surface area contributed by atoms with Gasteiger partial charge in [-0.1, -0.05) is 25.7 Å². The maximum absolute atomic E-state index is 10.7. The Balaban J connectivity index is 0.0000000866. The number of aliphatic hydroxyl groups is 3. The summed E-state index contributed by atoms with van der Waals surface area (Å²) in [5, 5.41) is 40.9. The number of carboxylic acids is 1. The van der Waals surface area contributed by atoms with Crippen molar-refractivity contribution in [2.45, 2.75) is 207 Å². The summed E-state index contributed by atoms with van der Waals surface area (Å²) in [5.41, 5.74) is 0. The minimum absolute atomic E-state index is 0.00259. The molecule has 12 atom stereocenters. The van der Waals surface area contributed by atoms with E-state index in [0.717, 1.165) is 94.8 Å². The Hall–Kier alpha value is -1.01. The van der Waals surface area contributed by atoms with E-state index in [-0.39, 0.29) is 30.5 Å². The second-order valence-electron chi connectivity index (χ2n) is 24.5. The summed E-state index contributed by atoms with van der Waals surface area (Å²) < 4.78 is 11.1. The van der Waals surface area contributed by atoms with Crippen LogP contribution in [-0.2, 0) is 14.3 Å². The number of hydrogen-bond acceptors (Lipinski definition) is 13. The highest BCUT2D eigenvalue weighted by atomic mass is 16.6. The van der Waals surface area contributed by atoms with Gasteiger partial charge >= 0.3 is 5.97 Å². The van der Waals surface area contributed by atoms with Crippen molar-refractivity contribution in [3.8, 4) is 0 Å². The lowest BCUT2D eigenvalue weighted by Crippen LogP contribution is -2.67. The Morgan fingerprint density at radius 2 is 1.03 bits per heavy atom. The van der Waals surface area contributed by atoms with E-state index in [1.807, 2.05) is 0 Å². The van der Waals surface area contributed by atoms with Crippen LogP contribution in [0.15, 0.2) is 0 Å². The molecule has 2 saturated carbocycles. The molecule has 0 aromatic carbocycles. The molecule has 0 aromatic heterocycles. The predicted molar refractivity (Wildman–Crippen MR) is 248 cm³/mol. The average molecular weight is 910 g/mol. The molecule has 17 heterocycles.